The standard InChI is InChI=1S/C18H22N4O2S/c1-20(10-13-9-19-21(2)11-13)18(24)14-8-17(23)22(12-14)15-4-6-16(25-3)7-5-15/h4-7,9,11,14H,8,10,12H2,1-3H3. The summed E-state index contributed by atoms with van der Waals surface area (Å²) in [6.07, 6.45) is 5.93. The van der Waals surface area contributed by atoms with Crippen molar-refractivity contribution < 1.29 is 9.59 Å². The molecule has 0 N–H and O–H groups in total. The minimum atomic E-state index is -0.297. The van der Waals surface area contributed by atoms with Crippen molar-refractivity contribution in [3.63, 3.8) is 0 Å². The molecule has 6 nitrogen and oxygen atoms in total. The summed E-state index contributed by atoms with van der Waals surface area (Å²) in [7, 11) is 3.62. The van der Waals surface area contributed by atoms with Gasteiger partial charge in [-0.25, -0.2) is 0 Å². The SMILES string of the molecule is CSc1ccc(N2CC(C(=O)N(C)Cc3cnn(C)c3)CC2=O)cc1. The highest BCUT2D eigenvalue weighted by atomic mass is 32.2. The number of nitrogens with zero attached hydrogens (tertiary/aromatic N) is 4. The molecule has 7 heteroatoms. The summed E-state index contributed by atoms with van der Waals surface area (Å²) < 4.78 is 1.72. The third kappa shape index (κ3) is 3.87. The van der Waals surface area contributed by atoms with Crippen LogP contribution in [0.25, 0.3) is 0 Å². The molecule has 1 aromatic carbocycles. The molecule has 2 heterocycles. The minimum Gasteiger partial charge on any atom is -0.341 e. The summed E-state index contributed by atoms with van der Waals surface area (Å²) in [5.41, 5.74) is 1.83. The van der Waals surface area contributed by atoms with Crippen LogP contribution in [-0.2, 0) is 23.2 Å². The number of hydrogen-bond donors (Lipinski definition) is 0. The molecule has 1 aliphatic rings. The first-order valence-electron chi connectivity index (χ1n) is 8.15. The second-order valence-corrected chi connectivity index (χ2v) is 7.20. The molecule has 1 aromatic heterocycles. The highest BCUT2D eigenvalue weighted by Gasteiger charge is 2.36. The van der Waals surface area contributed by atoms with Crippen LogP contribution < -0.4 is 4.90 Å². The Balaban J connectivity index is 1.65. The summed E-state index contributed by atoms with van der Waals surface area (Å²) >= 11 is 1.66. The van der Waals surface area contributed by atoms with Gasteiger partial charge in [-0.3, -0.25) is 14.3 Å². The molecule has 1 saturated heterocycles. The van der Waals surface area contributed by atoms with Crippen molar-refractivity contribution in [1.29, 1.82) is 0 Å². The molecule has 0 radical (unpaired) electrons. The van der Waals surface area contributed by atoms with E-state index in [9.17, 15) is 9.59 Å². The Morgan fingerprint density at radius 1 is 1.36 bits per heavy atom. The van der Waals surface area contributed by atoms with Gasteiger partial charge in [0.15, 0.2) is 0 Å². The van der Waals surface area contributed by atoms with Crippen LogP contribution in [0.5, 0.6) is 0 Å². The van der Waals surface area contributed by atoms with E-state index in [1.54, 1.807) is 39.5 Å². The Kier molecular flexibility index (Phi) is 5.13. The smallest absolute Gasteiger partial charge is 0.228 e. The zero-order valence-electron chi connectivity index (χ0n) is 14.7. The van der Waals surface area contributed by atoms with Gasteiger partial charge in [0, 0.05) is 55.9 Å². The zero-order chi connectivity index (χ0) is 18.0. The summed E-state index contributed by atoms with van der Waals surface area (Å²) in [4.78, 5) is 29.6. The van der Waals surface area contributed by atoms with E-state index in [0.717, 1.165) is 16.1 Å². The first-order chi connectivity index (χ1) is 12.0. The van der Waals surface area contributed by atoms with Crippen molar-refractivity contribution in [2.75, 3.05) is 24.7 Å². The number of carbonyl (C=O) groups excluding carboxylic acids is 2. The van der Waals surface area contributed by atoms with Gasteiger partial charge in [0.25, 0.3) is 0 Å². The Hall–Kier alpha value is -2.28. The molecule has 3 rings (SSSR count). The second kappa shape index (κ2) is 7.31. The lowest BCUT2D eigenvalue weighted by molar-refractivity contribution is -0.135. The lowest BCUT2D eigenvalue weighted by Gasteiger charge is -2.21. The molecule has 1 atom stereocenters. The Labute approximate surface area is 151 Å². The topological polar surface area (TPSA) is 58.4 Å². The fourth-order valence-electron chi connectivity index (χ4n) is 3.10. The summed E-state index contributed by atoms with van der Waals surface area (Å²) in [6.45, 7) is 0.938. The monoisotopic (exact) mass is 358 g/mol. The number of benzene rings is 1. The third-order valence-corrected chi connectivity index (χ3v) is 5.16. The van der Waals surface area contributed by atoms with E-state index in [1.165, 1.54) is 0 Å². The number of thioether (sulfide) groups is 1. The normalized spacial score (nSPS) is 17.2. The van der Waals surface area contributed by atoms with Gasteiger partial charge in [-0.2, -0.15) is 5.10 Å². The van der Waals surface area contributed by atoms with Crippen LogP contribution >= 0.6 is 11.8 Å². The molecule has 1 unspecified atom stereocenters. The van der Waals surface area contributed by atoms with Crippen molar-refractivity contribution in [3.05, 3.63) is 42.2 Å². The van der Waals surface area contributed by atoms with Crippen LogP contribution in [0.4, 0.5) is 5.69 Å². The average Bonchev–Trinajstić information content (AvgIpc) is 3.20. The highest BCUT2D eigenvalue weighted by molar-refractivity contribution is 7.98. The summed E-state index contributed by atoms with van der Waals surface area (Å²) in [5.74, 6) is -0.292. The van der Waals surface area contributed by atoms with Crippen LogP contribution in [0.3, 0.4) is 0 Å². The quantitative estimate of drug-likeness (QED) is 0.769. The maximum Gasteiger partial charge on any atom is 0.228 e. The summed E-state index contributed by atoms with van der Waals surface area (Å²) in [5, 5.41) is 4.12. The highest BCUT2D eigenvalue weighted by Crippen LogP contribution is 2.28. The number of aryl methyl sites for hydroxylation is 1. The zero-order valence-corrected chi connectivity index (χ0v) is 15.5. The van der Waals surface area contributed by atoms with E-state index in [0.29, 0.717) is 13.1 Å². The third-order valence-electron chi connectivity index (χ3n) is 4.41. The van der Waals surface area contributed by atoms with Crippen molar-refractivity contribution in [1.82, 2.24) is 14.7 Å². The molecule has 0 saturated carbocycles. The molecule has 0 spiro atoms. The van der Waals surface area contributed by atoms with Crippen LogP contribution in [0.15, 0.2) is 41.6 Å². The Bertz CT molecular complexity index is 772. The molecule has 0 aliphatic carbocycles. The lowest BCUT2D eigenvalue weighted by Crippen LogP contribution is -2.34. The van der Waals surface area contributed by atoms with Gasteiger partial charge in [-0.1, -0.05) is 0 Å². The minimum absolute atomic E-state index is 0.000405. The summed E-state index contributed by atoms with van der Waals surface area (Å²) in [6, 6.07) is 7.87. The van der Waals surface area contributed by atoms with E-state index >= 15 is 0 Å². The molecule has 2 amide bonds. The van der Waals surface area contributed by atoms with Crippen molar-refractivity contribution in [3.8, 4) is 0 Å². The van der Waals surface area contributed by atoms with E-state index in [1.807, 2.05) is 43.8 Å². The van der Waals surface area contributed by atoms with E-state index in [2.05, 4.69) is 5.10 Å². The number of hydrogen-bond acceptors (Lipinski definition) is 4. The molecular formula is C18H22N4O2S. The van der Waals surface area contributed by atoms with Crippen LogP contribution in [0.1, 0.15) is 12.0 Å². The van der Waals surface area contributed by atoms with E-state index < -0.39 is 0 Å². The van der Waals surface area contributed by atoms with Gasteiger partial charge >= 0.3 is 0 Å². The van der Waals surface area contributed by atoms with Gasteiger partial charge in [0.05, 0.1) is 12.1 Å². The predicted octanol–water partition coefficient (Wildman–Crippen LogP) is 2.15. The number of aromatic nitrogens is 2. The number of carbonyl (C=O) groups is 2. The number of amides is 2. The van der Waals surface area contributed by atoms with Gasteiger partial charge in [-0.15, -0.1) is 11.8 Å². The molecular weight excluding hydrogens is 336 g/mol. The molecule has 25 heavy (non-hydrogen) atoms. The molecule has 0 bridgehead atoms. The Morgan fingerprint density at radius 3 is 2.68 bits per heavy atom. The maximum atomic E-state index is 12.7. The lowest BCUT2D eigenvalue weighted by atomic mass is 10.1. The molecule has 1 aliphatic heterocycles. The van der Waals surface area contributed by atoms with E-state index in [4.69, 9.17) is 0 Å². The van der Waals surface area contributed by atoms with Crippen LogP contribution in [0.2, 0.25) is 0 Å². The van der Waals surface area contributed by atoms with Crippen molar-refractivity contribution in [2.45, 2.75) is 17.9 Å². The van der Waals surface area contributed by atoms with Crippen LogP contribution in [-0.4, -0.2) is 46.3 Å². The van der Waals surface area contributed by atoms with Gasteiger partial charge < -0.3 is 9.80 Å². The molecule has 1 fully saturated rings. The molecule has 2 aromatic rings. The van der Waals surface area contributed by atoms with Gasteiger partial charge in [0.2, 0.25) is 11.8 Å². The fraction of sp³-hybridized carbons (Fsp3) is 0.389. The second-order valence-electron chi connectivity index (χ2n) is 6.32. The van der Waals surface area contributed by atoms with Gasteiger partial charge in [-0.05, 0) is 30.5 Å². The average molecular weight is 358 g/mol. The molecule has 132 valence electrons. The number of anilines is 1. The van der Waals surface area contributed by atoms with Gasteiger partial charge in [0.1, 0.15) is 0 Å². The first kappa shape index (κ1) is 17.5. The van der Waals surface area contributed by atoms with Crippen molar-refractivity contribution >= 4 is 29.3 Å². The van der Waals surface area contributed by atoms with Crippen molar-refractivity contribution in [2.24, 2.45) is 13.0 Å². The predicted molar refractivity (Wildman–Crippen MR) is 98.4 cm³/mol. The largest absolute Gasteiger partial charge is 0.341 e. The number of rotatable bonds is 5. The maximum absolute atomic E-state index is 12.7. The van der Waals surface area contributed by atoms with E-state index in [-0.39, 0.29) is 24.2 Å². The Morgan fingerprint density at radius 2 is 2.08 bits per heavy atom. The fourth-order valence-corrected chi connectivity index (χ4v) is 3.51. The van der Waals surface area contributed by atoms with Crippen LogP contribution in [0, 0.1) is 5.92 Å². The first-order valence-corrected chi connectivity index (χ1v) is 9.37.